The van der Waals surface area contributed by atoms with E-state index in [2.05, 4.69) is 5.92 Å². The fourth-order valence-electron chi connectivity index (χ4n) is 1.61. The molecule has 0 aliphatic rings. The van der Waals surface area contributed by atoms with Crippen molar-refractivity contribution in [3.8, 4) is 18.1 Å². The van der Waals surface area contributed by atoms with Crippen LogP contribution in [0.1, 0.15) is 43.5 Å². The monoisotopic (exact) mass is 302 g/mol. The van der Waals surface area contributed by atoms with Gasteiger partial charge in [0.1, 0.15) is 5.75 Å². The Kier molecular flexibility index (Phi) is 6.84. The van der Waals surface area contributed by atoms with Crippen molar-refractivity contribution in [2.45, 2.75) is 39.2 Å². The smallest absolute Gasteiger partial charge is 0.311 e. The van der Waals surface area contributed by atoms with E-state index in [4.69, 9.17) is 15.9 Å². The Morgan fingerprint density at radius 2 is 1.73 bits per heavy atom. The molecule has 116 valence electrons. The second-order valence-corrected chi connectivity index (χ2v) is 4.71. The van der Waals surface area contributed by atoms with Crippen molar-refractivity contribution in [2.24, 2.45) is 0 Å². The van der Waals surface area contributed by atoms with Gasteiger partial charge < -0.3 is 9.47 Å². The van der Waals surface area contributed by atoms with Crippen molar-refractivity contribution in [1.82, 2.24) is 0 Å². The second-order valence-electron chi connectivity index (χ2n) is 4.71. The molecule has 0 aliphatic heterocycles. The molecule has 5 nitrogen and oxygen atoms in total. The zero-order valence-corrected chi connectivity index (χ0v) is 12.6. The van der Waals surface area contributed by atoms with Crippen molar-refractivity contribution in [3.05, 3.63) is 29.8 Å². The lowest BCUT2D eigenvalue weighted by molar-refractivity contribution is -0.146. The van der Waals surface area contributed by atoms with Gasteiger partial charge >= 0.3 is 11.9 Å². The maximum Gasteiger partial charge on any atom is 0.311 e. The Hall–Kier alpha value is -2.61. The summed E-state index contributed by atoms with van der Waals surface area (Å²) in [6, 6.07) is 6.28. The Morgan fingerprint density at radius 1 is 1.14 bits per heavy atom. The molecule has 1 rings (SSSR count). The highest BCUT2D eigenvalue weighted by atomic mass is 16.5. The Balaban J connectivity index is 2.33. The van der Waals surface area contributed by atoms with E-state index in [0.29, 0.717) is 17.7 Å². The highest BCUT2D eigenvalue weighted by molar-refractivity contribution is 5.94. The Labute approximate surface area is 129 Å². The van der Waals surface area contributed by atoms with Crippen LogP contribution in [0, 0.1) is 12.3 Å². The minimum absolute atomic E-state index is 0.0578. The van der Waals surface area contributed by atoms with Crippen LogP contribution in [-0.2, 0) is 14.3 Å². The average Bonchev–Trinajstić information content (AvgIpc) is 2.47. The fraction of sp³-hybridized carbons (Fsp3) is 0.353. The molecule has 5 heteroatoms. The van der Waals surface area contributed by atoms with E-state index < -0.39 is 18.0 Å². The molecule has 1 atom stereocenters. The summed E-state index contributed by atoms with van der Waals surface area (Å²) in [5, 5.41) is 0. The average molecular weight is 302 g/mol. The number of carbonyl (C=O) groups is 3. The molecule has 0 radical (unpaired) electrons. The van der Waals surface area contributed by atoms with Gasteiger partial charge in [0.05, 0.1) is 0 Å². The van der Waals surface area contributed by atoms with Gasteiger partial charge in [-0.1, -0.05) is 5.92 Å². The SMILES string of the molecule is C#CC(C)OC(=O)CCCC(=O)Oc1ccc(C(C)=O)cc1. The second kappa shape index (κ2) is 8.63. The van der Waals surface area contributed by atoms with E-state index in [0.717, 1.165) is 0 Å². The van der Waals surface area contributed by atoms with Gasteiger partial charge in [0.15, 0.2) is 11.9 Å². The first-order valence-corrected chi connectivity index (χ1v) is 6.89. The Morgan fingerprint density at radius 3 is 2.27 bits per heavy atom. The number of Topliss-reactive ketones (excluding diaryl/α,β-unsaturated/α-hetero) is 1. The number of ketones is 1. The number of benzene rings is 1. The summed E-state index contributed by atoms with van der Waals surface area (Å²) in [4.78, 5) is 34.1. The van der Waals surface area contributed by atoms with Crippen molar-refractivity contribution in [3.63, 3.8) is 0 Å². The molecule has 0 spiro atoms. The van der Waals surface area contributed by atoms with Gasteiger partial charge in [-0.3, -0.25) is 14.4 Å². The van der Waals surface area contributed by atoms with E-state index in [-0.39, 0.29) is 18.6 Å². The summed E-state index contributed by atoms with van der Waals surface area (Å²) < 4.78 is 9.97. The van der Waals surface area contributed by atoms with Crippen molar-refractivity contribution < 1.29 is 23.9 Å². The number of carbonyl (C=O) groups excluding carboxylic acids is 3. The third kappa shape index (κ3) is 6.23. The lowest BCUT2D eigenvalue weighted by atomic mass is 10.1. The van der Waals surface area contributed by atoms with E-state index in [1.54, 1.807) is 31.2 Å². The lowest BCUT2D eigenvalue weighted by Crippen LogP contribution is -2.14. The largest absolute Gasteiger partial charge is 0.449 e. The van der Waals surface area contributed by atoms with Crippen molar-refractivity contribution in [1.29, 1.82) is 0 Å². The molecule has 0 N–H and O–H groups in total. The summed E-state index contributed by atoms with van der Waals surface area (Å²) >= 11 is 0. The molecule has 0 saturated carbocycles. The molecule has 1 aromatic carbocycles. The molecule has 22 heavy (non-hydrogen) atoms. The predicted molar refractivity (Wildman–Crippen MR) is 80.3 cm³/mol. The summed E-state index contributed by atoms with van der Waals surface area (Å²) in [5.41, 5.74) is 0.546. The number of esters is 2. The molecule has 0 aromatic heterocycles. The van der Waals surface area contributed by atoms with Crippen LogP contribution in [0.5, 0.6) is 5.75 Å². The number of rotatable bonds is 7. The van der Waals surface area contributed by atoms with Gasteiger partial charge in [-0.15, -0.1) is 6.42 Å². The van der Waals surface area contributed by atoms with Crippen molar-refractivity contribution in [2.75, 3.05) is 0 Å². The quantitative estimate of drug-likeness (QED) is 0.335. The molecular formula is C17H18O5. The maximum absolute atomic E-state index is 11.6. The van der Waals surface area contributed by atoms with Crippen LogP contribution >= 0.6 is 0 Å². The van der Waals surface area contributed by atoms with Crippen LogP contribution in [0.4, 0.5) is 0 Å². The van der Waals surface area contributed by atoms with E-state index in [9.17, 15) is 14.4 Å². The molecule has 0 aliphatic carbocycles. The summed E-state index contributed by atoms with van der Waals surface area (Å²) in [6.07, 6.45) is 5.03. The standard InChI is InChI=1S/C17H18O5/c1-4-12(2)21-16(19)6-5-7-17(20)22-15-10-8-14(9-11-15)13(3)18/h1,8-12H,5-7H2,2-3H3. The third-order valence-corrected chi connectivity index (χ3v) is 2.80. The van der Waals surface area contributed by atoms with E-state index in [1.807, 2.05) is 0 Å². The van der Waals surface area contributed by atoms with Gasteiger partial charge in [-0.2, -0.15) is 0 Å². The van der Waals surface area contributed by atoms with Crippen LogP contribution in [0.25, 0.3) is 0 Å². The van der Waals surface area contributed by atoms with Crippen LogP contribution in [0.15, 0.2) is 24.3 Å². The topological polar surface area (TPSA) is 69.7 Å². The first-order chi connectivity index (χ1) is 10.4. The highest BCUT2D eigenvalue weighted by Gasteiger charge is 2.10. The van der Waals surface area contributed by atoms with Crippen LogP contribution in [0.3, 0.4) is 0 Å². The molecule has 0 amide bonds. The molecule has 1 aromatic rings. The number of hydrogen-bond donors (Lipinski definition) is 0. The molecule has 0 saturated heterocycles. The summed E-state index contributed by atoms with van der Waals surface area (Å²) in [6.45, 7) is 3.05. The van der Waals surface area contributed by atoms with Crippen molar-refractivity contribution >= 4 is 17.7 Å². The van der Waals surface area contributed by atoms with Gasteiger partial charge in [-0.25, -0.2) is 0 Å². The van der Waals surface area contributed by atoms with Gasteiger partial charge in [-0.05, 0) is 44.5 Å². The van der Waals surface area contributed by atoms with Gasteiger partial charge in [0, 0.05) is 18.4 Å². The zero-order valence-electron chi connectivity index (χ0n) is 12.6. The van der Waals surface area contributed by atoms with Gasteiger partial charge in [0.2, 0.25) is 0 Å². The maximum atomic E-state index is 11.6. The van der Waals surface area contributed by atoms with Crippen LogP contribution < -0.4 is 4.74 Å². The summed E-state index contributed by atoms with van der Waals surface area (Å²) in [7, 11) is 0. The first kappa shape index (κ1) is 17.4. The van der Waals surface area contributed by atoms with E-state index >= 15 is 0 Å². The number of hydrogen-bond acceptors (Lipinski definition) is 5. The molecular weight excluding hydrogens is 284 g/mol. The highest BCUT2D eigenvalue weighted by Crippen LogP contribution is 2.14. The minimum Gasteiger partial charge on any atom is -0.449 e. The normalized spacial score (nSPS) is 11.1. The third-order valence-electron chi connectivity index (χ3n) is 2.80. The first-order valence-electron chi connectivity index (χ1n) is 6.89. The fourth-order valence-corrected chi connectivity index (χ4v) is 1.61. The zero-order chi connectivity index (χ0) is 16.5. The van der Waals surface area contributed by atoms with Gasteiger partial charge in [0.25, 0.3) is 0 Å². The number of ether oxygens (including phenoxy) is 2. The molecule has 0 bridgehead atoms. The lowest BCUT2D eigenvalue weighted by Gasteiger charge is -2.07. The minimum atomic E-state index is -0.570. The molecule has 0 fully saturated rings. The predicted octanol–water partition coefficient (Wildman–Crippen LogP) is 2.53. The Bertz CT molecular complexity index is 580. The number of terminal acetylenes is 1. The van der Waals surface area contributed by atoms with E-state index in [1.165, 1.54) is 6.92 Å². The van der Waals surface area contributed by atoms with Crippen LogP contribution in [0.2, 0.25) is 0 Å². The summed E-state index contributed by atoms with van der Waals surface area (Å²) in [5.74, 6) is 1.69. The van der Waals surface area contributed by atoms with Crippen LogP contribution in [-0.4, -0.2) is 23.8 Å². The molecule has 0 heterocycles. The molecule has 1 unspecified atom stereocenters.